The van der Waals surface area contributed by atoms with Crippen LogP contribution in [0.15, 0.2) is 24.3 Å². The Labute approximate surface area is 235 Å². The molecule has 2 unspecified atom stereocenters. The molecule has 1 heterocycles. The molecule has 3 rings (SSSR count). The van der Waals surface area contributed by atoms with Gasteiger partial charge in [-0.05, 0) is 56.9 Å². The fourth-order valence-corrected chi connectivity index (χ4v) is 6.42. The monoisotopic (exact) mass is 546 g/mol. The molecular formula is C32H50O7. The lowest BCUT2D eigenvalue weighted by Gasteiger charge is -2.29. The summed E-state index contributed by atoms with van der Waals surface area (Å²) in [5, 5.41) is 0. The van der Waals surface area contributed by atoms with Crippen LogP contribution in [-0.4, -0.2) is 49.9 Å². The predicted molar refractivity (Wildman–Crippen MR) is 150 cm³/mol. The number of ketones is 1. The highest BCUT2D eigenvalue weighted by Crippen LogP contribution is 2.41. The standard InChI is InChI=1S/C32H50O7/c1-23(21-25-13-7-6-8-14-25)28(34)19-18-27-26(15-9-4-5-10-16-31(35)36-3)29(38-24(2)33)22-30(27)39-32-17-11-12-20-37-32/h4,9,18-19,23,25-27,29-30,32H,5-8,10-17,20-22H2,1-3H3/b9-4-,19-18+/t23?,26-,27-,29+,30-,32?/m1/s1. The van der Waals surface area contributed by atoms with Crippen molar-refractivity contribution in [1.82, 2.24) is 0 Å². The number of unbranched alkanes of at least 4 members (excludes halogenated alkanes) is 1. The van der Waals surface area contributed by atoms with Crippen molar-refractivity contribution in [2.75, 3.05) is 13.7 Å². The van der Waals surface area contributed by atoms with E-state index in [1.807, 2.05) is 6.08 Å². The van der Waals surface area contributed by atoms with Gasteiger partial charge in [0, 0.05) is 44.1 Å². The van der Waals surface area contributed by atoms with E-state index in [9.17, 15) is 14.4 Å². The Balaban J connectivity index is 1.69. The lowest BCUT2D eigenvalue weighted by Crippen LogP contribution is -2.30. The topological polar surface area (TPSA) is 88.1 Å². The van der Waals surface area contributed by atoms with E-state index in [-0.39, 0.29) is 54.0 Å². The molecule has 1 saturated heterocycles. The van der Waals surface area contributed by atoms with Crippen LogP contribution in [0.1, 0.15) is 104 Å². The molecule has 7 nitrogen and oxygen atoms in total. The first-order valence-electron chi connectivity index (χ1n) is 15.3. The third-order valence-corrected chi connectivity index (χ3v) is 8.58. The van der Waals surface area contributed by atoms with Crippen LogP contribution in [0.25, 0.3) is 0 Å². The van der Waals surface area contributed by atoms with E-state index in [0.717, 1.165) is 38.5 Å². The van der Waals surface area contributed by atoms with E-state index in [2.05, 4.69) is 19.1 Å². The minimum absolute atomic E-state index is 0.00273. The SMILES string of the molecule is COC(=O)CCC/C=C\C[C@@H]1[C@@H](/C=C/C(=O)C(C)CC2CCCCC2)[C@H](OC2CCCCO2)C[C@@H]1OC(C)=O. The van der Waals surface area contributed by atoms with Gasteiger partial charge in [-0.2, -0.15) is 0 Å². The molecule has 0 aromatic carbocycles. The normalized spacial score (nSPS) is 29.1. The zero-order valence-corrected chi connectivity index (χ0v) is 24.3. The van der Waals surface area contributed by atoms with Gasteiger partial charge in [-0.25, -0.2) is 0 Å². The Kier molecular flexibility index (Phi) is 13.7. The van der Waals surface area contributed by atoms with Gasteiger partial charge in [0.25, 0.3) is 0 Å². The van der Waals surface area contributed by atoms with Gasteiger partial charge in [-0.15, -0.1) is 0 Å². The Morgan fingerprint density at radius 3 is 2.46 bits per heavy atom. The van der Waals surface area contributed by atoms with Crippen LogP contribution < -0.4 is 0 Å². The van der Waals surface area contributed by atoms with Crippen molar-refractivity contribution in [1.29, 1.82) is 0 Å². The molecule has 0 aromatic heterocycles. The van der Waals surface area contributed by atoms with Gasteiger partial charge in [0.1, 0.15) is 6.10 Å². The third kappa shape index (κ3) is 10.8. The number of allylic oxidation sites excluding steroid dienone is 3. The summed E-state index contributed by atoms with van der Waals surface area (Å²) in [6, 6.07) is 0. The lowest BCUT2D eigenvalue weighted by molar-refractivity contribution is -0.193. The van der Waals surface area contributed by atoms with Crippen LogP contribution in [0, 0.1) is 23.7 Å². The molecule has 0 bridgehead atoms. The summed E-state index contributed by atoms with van der Waals surface area (Å²) < 4.78 is 22.8. The first-order chi connectivity index (χ1) is 18.9. The van der Waals surface area contributed by atoms with Crippen LogP contribution >= 0.6 is 0 Å². The molecule has 1 aliphatic heterocycles. The minimum atomic E-state index is -0.304. The second-order valence-corrected chi connectivity index (χ2v) is 11.7. The number of hydrogen-bond acceptors (Lipinski definition) is 7. The van der Waals surface area contributed by atoms with Gasteiger partial charge in [-0.1, -0.05) is 57.3 Å². The number of carbonyl (C=O) groups is 3. The number of rotatable bonds is 14. The van der Waals surface area contributed by atoms with Crippen molar-refractivity contribution in [3.8, 4) is 0 Å². The van der Waals surface area contributed by atoms with Gasteiger partial charge in [-0.3, -0.25) is 14.4 Å². The van der Waals surface area contributed by atoms with Gasteiger partial charge in [0.2, 0.25) is 0 Å². The number of hydrogen-bond donors (Lipinski definition) is 0. The fourth-order valence-electron chi connectivity index (χ4n) is 6.42. The highest BCUT2D eigenvalue weighted by atomic mass is 16.7. The molecule has 0 aromatic rings. The Morgan fingerprint density at radius 1 is 1.00 bits per heavy atom. The maximum atomic E-state index is 13.2. The first-order valence-corrected chi connectivity index (χ1v) is 15.3. The van der Waals surface area contributed by atoms with Crippen LogP contribution in [0.4, 0.5) is 0 Å². The van der Waals surface area contributed by atoms with Crippen LogP contribution in [0.5, 0.6) is 0 Å². The lowest BCUT2D eigenvalue weighted by atomic mass is 9.82. The van der Waals surface area contributed by atoms with E-state index in [4.69, 9.17) is 18.9 Å². The molecule has 6 atom stereocenters. The van der Waals surface area contributed by atoms with E-state index >= 15 is 0 Å². The van der Waals surface area contributed by atoms with Crippen molar-refractivity contribution < 1.29 is 33.3 Å². The molecule has 220 valence electrons. The van der Waals surface area contributed by atoms with Crippen LogP contribution in [0.2, 0.25) is 0 Å². The van der Waals surface area contributed by atoms with Crippen molar-refractivity contribution in [2.45, 2.75) is 122 Å². The zero-order valence-electron chi connectivity index (χ0n) is 24.3. The minimum Gasteiger partial charge on any atom is -0.469 e. The zero-order chi connectivity index (χ0) is 28.0. The molecule has 2 saturated carbocycles. The van der Waals surface area contributed by atoms with Crippen molar-refractivity contribution in [3.05, 3.63) is 24.3 Å². The van der Waals surface area contributed by atoms with Gasteiger partial charge >= 0.3 is 11.9 Å². The highest BCUT2D eigenvalue weighted by Gasteiger charge is 2.45. The van der Waals surface area contributed by atoms with Gasteiger partial charge in [0.05, 0.1) is 13.2 Å². The molecule has 0 amide bonds. The van der Waals surface area contributed by atoms with E-state index in [0.29, 0.717) is 31.8 Å². The third-order valence-electron chi connectivity index (χ3n) is 8.58. The van der Waals surface area contributed by atoms with Gasteiger partial charge < -0.3 is 18.9 Å². The molecule has 0 spiro atoms. The van der Waals surface area contributed by atoms with Crippen molar-refractivity contribution in [2.24, 2.45) is 23.7 Å². The molecule has 3 aliphatic rings. The molecule has 39 heavy (non-hydrogen) atoms. The maximum Gasteiger partial charge on any atom is 0.305 e. The molecule has 2 aliphatic carbocycles. The maximum absolute atomic E-state index is 13.2. The highest BCUT2D eigenvalue weighted by molar-refractivity contribution is 5.91. The van der Waals surface area contributed by atoms with Crippen LogP contribution in [-0.2, 0) is 33.3 Å². The summed E-state index contributed by atoms with van der Waals surface area (Å²) in [4.78, 5) is 36.5. The van der Waals surface area contributed by atoms with Crippen molar-refractivity contribution >= 4 is 17.7 Å². The molecule has 0 N–H and O–H groups in total. The smallest absolute Gasteiger partial charge is 0.305 e. The van der Waals surface area contributed by atoms with Crippen molar-refractivity contribution in [3.63, 3.8) is 0 Å². The number of carbonyl (C=O) groups excluding carboxylic acids is 3. The summed E-state index contributed by atoms with van der Waals surface area (Å²) >= 11 is 0. The van der Waals surface area contributed by atoms with E-state index in [1.165, 1.54) is 46.1 Å². The summed E-state index contributed by atoms with van der Waals surface area (Å²) in [6.45, 7) is 4.19. The summed E-state index contributed by atoms with van der Waals surface area (Å²) in [6.07, 6.45) is 20.7. The summed E-state index contributed by atoms with van der Waals surface area (Å²) in [5.74, 6) is 0.253. The second kappa shape index (κ2) is 17.0. The van der Waals surface area contributed by atoms with E-state index in [1.54, 1.807) is 6.08 Å². The molecule has 0 radical (unpaired) electrons. The average molecular weight is 547 g/mol. The number of methoxy groups -OCH3 is 1. The van der Waals surface area contributed by atoms with E-state index < -0.39 is 0 Å². The summed E-state index contributed by atoms with van der Waals surface area (Å²) in [5.41, 5.74) is 0. The Bertz CT molecular complexity index is 822. The fraction of sp³-hybridized carbons (Fsp3) is 0.781. The van der Waals surface area contributed by atoms with Gasteiger partial charge in [0.15, 0.2) is 12.1 Å². The first kappa shape index (κ1) is 31.5. The Hall–Kier alpha value is -1.99. The molecule has 3 fully saturated rings. The van der Waals surface area contributed by atoms with Crippen LogP contribution in [0.3, 0.4) is 0 Å². The largest absolute Gasteiger partial charge is 0.469 e. The molecular weight excluding hydrogens is 496 g/mol. The second-order valence-electron chi connectivity index (χ2n) is 11.7. The predicted octanol–water partition coefficient (Wildman–Crippen LogP) is 6.49. The molecule has 7 heteroatoms. The summed E-state index contributed by atoms with van der Waals surface area (Å²) in [7, 11) is 1.40. The average Bonchev–Trinajstić information content (AvgIpc) is 3.24. The number of ether oxygens (including phenoxy) is 4. The number of esters is 2. The Morgan fingerprint density at radius 2 is 1.77 bits per heavy atom. The quantitative estimate of drug-likeness (QED) is 0.107.